The van der Waals surface area contributed by atoms with Gasteiger partial charge in [0, 0.05) is 5.56 Å². The van der Waals surface area contributed by atoms with E-state index in [0.717, 1.165) is 17.0 Å². The number of nitrogens with one attached hydrogen (secondary N) is 1. The zero-order chi connectivity index (χ0) is 14.9. The molecule has 0 saturated heterocycles. The Bertz CT molecular complexity index is 678. The molecule has 0 aliphatic carbocycles. The van der Waals surface area contributed by atoms with Crippen LogP contribution < -0.4 is 4.74 Å². The van der Waals surface area contributed by atoms with Crippen LogP contribution in [0.5, 0.6) is 5.75 Å². The number of hydrogen-bond donors (Lipinski definition) is 1. The number of methoxy groups -OCH3 is 1. The molecule has 104 valence electrons. The van der Waals surface area contributed by atoms with Gasteiger partial charge in [-0.15, -0.1) is 0 Å². The molecule has 0 aliphatic rings. The fourth-order valence-corrected chi connectivity index (χ4v) is 2.00. The van der Waals surface area contributed by atoms with Gasteiger partial charge in [-0.05, 0) is 51.0 Å². The van der Waals surface area contributed by atoms with E-state index in [4.69, 9.17) is 4.74 Å². The molecule has 0 radical (unpaired) electrons. The van der Waals surface area contributed by atoms with E-state index in [1.54, 1.807) is 13.3 Å². The third-order valence-corrected chi connectivity index (χ3v) is 3.55. The first-order valence-electron chi connectivity index (χ1n) is 6.51. The van der Waals surface area contributed by atoms with Gasteiger partial charge >= 0.3 is 0 Å². The Kier molecular flexibility index (Phi) is 3.54. The van der Waals surface area contributed by atoms with Gasteiger partial charge in [-0.3, -0.25) is 0 Å². The van der Waals surface area contributed by atoms with Crippen LogP contribution in [0.3, 0.4) is 0 Å². The number of hydrogen-bond acceptors (Lipinski definition) is 3. The summed E-state index contributed by atoms with van der Waals surface area (Å²) >= 11 is 0. The number of nitriles is 1. The number of H-pyrrole nitrogens is 1. The van der Waals surface area contributed by atoms with Crippen LogP contribution >= 0.6 is 0 Å². The molecule has 0 amide bonds. The van der Waals surface area contributed by atoms with Crippen molar-refractivity contribution in [1.29, 1.82) is 5.26 Å². The Morgan fingerprint density at radius 1 is 1.25 bits per heavy atom. The van der Waals surface area contributed by atoms with Crippen LogP contribution in [0.2, 0.25) is 0 Å². The van der Waals surface area contributed by atoms with E-state index in [1.807, 2.05) is 19.9 Å². The first kappa shape index (κ1) is 14.1. The smallest absolute Gasteiger partial charge is 0.128 e. The normalized spacial score (nSPS) is 11.2. The first-order chi connectivity index (χ1) is 9.39. The lowest BCUT2D eigenvalue weighted by Crippen LogP contribution is -2.15. The average Bonchev–Trinajstić information content (AvgIpc) is 2.91. The van der Waals surface area contributed by atoms with Crippen molar-refractivity contribution < 1.29 is 4.74 Å². The van der Waals surface area contributed by atoms with Gasteiger partial charge in [0.25, 0.3) is 0 Å². The summed E-state index contributed by atoms with van der Waals surface area (Å²) in [5.41, 5.74) is 3.57. The van der Waals surface area contributed by atoms with Crippen LogP contribution in [0.4, 0.5) is 0 Å². The number of rotatable bonds is 3. The molecule has 0 spiro atoms. The summed E-state index contributed by atoms with van der Waals surface area (Å²) in [4.78, 5) is 7.56. The van der Waals surface area contributed by atoms with E-state index >= 15 is 0 Å². The van der Waals surface area contributed by atoms with Crippen molar-refractivity contribution in [2.24, 2.45) is 0 Å². The summed E-state index contributed by atoms with van der Waals surface area (Å²) in [5.74, 6) is 1.47. The van der Waals surface area contributed by atoms with Gasteiger partial charge < -0.3 is 9.72 Å². The first-order valence-corrected chi connectivity index (χ1v) is 6.51. The monoisotopic (exact) mass is 269 g/mol. The largest absolute Gasteiger partial charge is 0.496 e. The molecular weight excluding hydrogens is 250 g/mol. The van der Waals surface area contributed by atoms with E-state index in [1.165, 1.54) is 11.1 Å². The minimum atomic E-state index is -0.634. The average molecular weight is 269 g/mol. The molecular formula is C16H19N3O. The van der Waals surface area contributed by atoms with Gasteiger partial charge in [-0.2, -0.15) is 5.26 Å². The third-order valence-electron chi connectivity index (χ3n) is 3.55. The number of ether oxygens (including phenoxy) is 1. The Morgan fingerprint density at radius 3 is 2.50 bits per heavy atom. The topological polar surface area (TPSA) is 61.7 Å². The minimum absolute atomic E-state index is 0.634. The second kappa shape index (κ2) is 5.01. The highest BCUT2D eigenvalue weighted by Crippen LogP contribution is 2.32. The van der Waals surface area contributed by atoms with Gasteiger partial charge in [0.1, 0.15) is 17.0 Å². The van der Waals surface area contributed by atoms with Gasteiger partial charge in [-0.25, -0.2) is 4.98 Å². The molecule has 0 saturated carbocycles. The molecule has 4 heteroatoms. The lowest BCUT2D eigenvalue weighted by atomic mass is 9.95. The number of aromatic amines is 1. The Balaban J connectivity index is 2.53. The molecule has 0 bridgehead atoms. The number of benzene rings is 1. The van der Waals surface area contributed by atoms with Gasteiger partial charge in [0.15, 0.2) is 0 Å². The zero-order valence-corrected chi connectivity index (χ0v) is 12.5. The molecule has 2 aromatic rings. The van der Waals surface area contributed by atoms with E-state index < -0.39 is 5.41 Å². The Morgan fingerprint density at radius 2 is 1.90 bits per heavy atom. The second-order valence-corrected chi connectivity index (χ2v) is 5.52. The summed E-state index contributed by atoms with van der Waals surface area (Å²) in [6.07, 6.45) is 1.75. The molecule has 1 aromatic heterocycles. The molecule has 2 rings (SSSR count). The molecule has 4 nitrogen and oxygen atoms in total. The fourth-order valence-electron chi connectivity index (χ4n) is 2.00. The SMILES string of the molecule is COc1cc(C)c(C)cc1-c1cnc(C(C)(C)C#N)[nH]1. The molecule has 1 N–H and O–H groups in total. The Labute approximate surface area is 119 Å². The number of aryl methyl sites for hydroxylation is 2. The highest BCUT2D eigenvalue weighted by atomic mass is 16.5. The Hall–Kier alpha value is -2.28. The van der Waals surface area contributed by atoms with Crippen LogP contribution in [-0.4, -0.2) is 17.1 Å². The van der Waals surface area contributed by atoms with Gasteiger partial charge in [-0.1, -0.05) is 0 Å². The summed E-state index contributed by atoms with van der Waals surface area (Å²) < 4.78 is 5.44. The standard InChI is InChI=1S/C16H19N3O/c1-10-6-12(14(20-5)7-11(10)2)13-8-18-15(19-13)16(3,4)9-17/h6-8H,1-5H3,(H,18,19). The zero-order valence-electron chi connectivity index (χ0n) is 12.5. The number of imidazole rings is 1. The molecule has 1 heterocycles. The van der Waals surface area contributed by atoms with Gasteiger partial charge in [0.05, 0.1) is 25.1 Å². The maximum absolute atomic E-state index is 9.17. The van der Waals surface area contributed by atoms with Crippen LogP contribution in [0.15, 0.2) is 18.3 Å². The second-order valence-electron chi connectivity index (χ2n) is 5.52. The van der Waals surface area contributed by atoms with Gasteiger partial charge in [0.2, 0.25) is 0 Å². The molecule has 1 aromatic carbocycles. The highest BCUT2D eigenvalue weighted by Gasteiger charge is 2.24. The summed E-state index contributed by atoms with van der Waals surface area (Å²) in [7, 11) is 1.66. The highest BCUT2D eigenvalue weighted by molar-refractivity contribution is 5.69. The van der Waals surface area contributed by atoms with Crippen molar-refractivity contribution in [2.75, 3.05) is 7.11 Å². The quantitative estimate of drug-likeness (QED) is 0.927. The predicted octanol–water partition coefficient (Wildman–Crippen LogP) is 3.50. The minimum Gasteiger partial charge on any atom is -0.496 e. The van der Waals surface area contributed by atoms with Crippen molar-refractivity contribution >= 4 is 0 Å². The van der Waals surface area contributed by atoms with Crippen molar-refractivity contribution in [3.8, 4) is 23.1 Å². The lowest BCUT2D eigenvalue weighted by Gasteiger charge is -2.12. The van der Waals surface area contributed by atoms with Crippen molar-refractivity contribution in [3.05, 3.63) is 35.3 Å². The maximum atomic E-state index is 9.17. The third kappa shape index (κ3) is 2.39. The predicted molar refractivity (Wildman–Crippen MR) is 78.7 cm³/mol. The van der Waals surface area contributed by atoms with E-state index in [2.05, 4.69) is 36.0 Å². The maximum Gasteiger partial charge on any atom is 0.128 e. The summed E-state index contributed by atoms with van der Waals surface area (Å²) in [5, 5.41) is 9.17. The molecule has 0 aliphatic heterocycles. The molecule has 0 atom stereocenters. The van der Waals surface area contributed by atoms with Crippen LogP contribution in [0, 0.1) is 25.2 Å². The molecule has 0 fully saturated rings. The van der Waals surface area contributed by atoms with Crippen LogP contribution in [0.1, 0.15) is 30.8 Å². The number of aromatic nitrogens is 2. The summed E-state index contributed by atoms with van der Waals surface area (Å²) in [6.45, 7) is 7.80. The summed E-state index contributed by atoms with van der Waals surface area (Å²) in [6, 6.07) is 6.34. The van der Waals surface area contributed by atoms with E-state index in [-0.39, 0.29) is 0 Å². The number of nitrogens with zero attached hydrogens (tertiary/aromatic N) is 2. The van der Waals surface area contributed by atoms with Crippen LogP contribution in [0.25, 0.3) is 11.3 Å². The van der Waals surface area contributed by atoms with Crippen molar-refractivity contribution in [3.63, 3.8) is 0 Å². The molecule has 20 heavy (non-hydrogen) atoms. The van der Waals surface area contributed by atoms with E-state index in [0.29, 0.717) is 5.82 Å². The van der Waals surface area contributed by atoms with Crippen molar-refractivity contribution in [1.82, 2.24) is 9.97 Å². The molecule has 0 unspecified atom stereocenters. The lowest BCUT2D eigenvalue weighted by molar-refractivity contribution is 0.416. The van der Waals surface area contributed by atoms with Crippen LogP contribution in [-0.2, 0) is 5.41 Å². The van der Waals surface area contributed by atoms with Crippen molar-refractivity contribution in [2.45, 2.75) is 33.1 Å². The van der Waals surface area contributed by atoms with E-state index in [9.17, 15) is 5.26 Å². The fraction of sp³-hybridized carbons (Fsp3) is 0.375.